The van der Waals surface area contributed by atoms with Crippen molar-refractivity contribution in [2.24, 2.45) is 0 Å². The zero-order valence-electron chi connectivity index (χ0n) is 13.6. The smallest absolute Gasteiger partial charge is 0.303 e. The lowest BCUT2D eigenvalue weighted by Gasteiger charge is -2.52. The van der Waals surface area contributed by atoms with Crippen molar-refractivity contribution in [1.82, 2.24) is 18.7 Å². The minimum absolute atomic E-state index is 1.11. The average molecular weight is 275 g/mol. The molecule has 0 aliphatic rings. The Labute approximate surface area is 116 Å². The van der Waals surface area contributed by atoms with E-state index in [1.54, 1.807) is 0 Å². The van der Waals surface area contributed by atoms with Crippen LogP contribution in [0.25, 0.3) is 0 Å². The van der Waals surface area contributed by atoms with E-state index in [9.17, 15) is 0 Å². The molecule has 0 amide bonds. The first-order valence-electron chi connectivity index (χ1n) is 7.56. The zero-order valence-corrected chi connectivity index (χ0v) is 14.6. The van der Waals surface area contributed by atoms with E-state index in [0.29, 0.717) is 0 Å². The van der Waals surface area contributed by atoms with Crippen LogP contribution in [0.3, 0.4) is 0 Å². The Kier molecular flexibility index (Phi) is 9.07. The molecule has 0 spiro atoms. The Morgan fingerprint density at radius 1 is 0.611 bits per heavy atom. The van der Waals surface area contributed by atoms with E-state index in [2.05, 4.69) is 67.3 Å². The molecule has 0 radical (unpaired) electrons. The van der Waals surface area contributed by atoms with Gasteiger partial charge in [-0.2, -0.15) is 0 Å². The lowest BCUT2D eigenvalue weighted by Crippen LogP contribution is -2.81. The van der Waals surface area contributed by atoms with Crippen LogP contribution in [-0.4, -0.2) is 68.7 Å². The molecule has 0 bridgehead atoms. The molecule has 1 N–H and O–H groups in total. The molecule has 0 fully saturated rings. The lowest BCUT2D eigenvalue weighted by atomic mass is 10.6. The van der Waals surface area contributed by atoms with Crippen molar-refractivity contribution in [3.05, 3.63) is 0 Å². The van der Waals surface area contributed by atoms with Gasteiger partial charge in [0.15, 0.2) is 0 Å². The van der Waals surface area contributed by atoms with Gasteiger partial charge >= 0.3 is 8.72 Å². The van der Waals surface area contributed by atoms with Crippen molar-refractivity contribution in [3.63, 3.8) is 0 Å². The van der Waals surface area contributed by atoms with Crippen LogP contribution in [-0.2, 0) is 0 Å². The topological polar surface area (TPSA) is 21.8 Å². The van der Waals surface area contributed by atoms with Crippen molar-refractivity contribution >= 4 is 8.72 Å². The number of nitrogens with zero attached hydrogens (tertiary/aromatic N) is 3. The van der Waals surface area contributed by atoms with Gasteiger partial charge < -0.3 is 4.98 Å². The summed E-state index contributed by atoms with van der Waals surface area (Å²) in [6, 6.07) is 0. The Morgan fingerprint density at radius 3 is 0.944 bits per heavy atom. The van der Waals surface area contributed by atoms with Crippen molar-refractivity contribution in [3.8, 4) is 0 Å². The average Bonchev–Trinajstić information content (AvgIpc) is 2.41. The standard InChI is InChI=1S/C13H34N4Si/c1-8-15(9-2)18(14-7,16(10-3)11-4)17(12-5)13-6/h14H,8-13H2,1-7H3. The second kappa shape index (κ2) is 9.04. The zero-order chi connectivity index (χ0) is 14.2. The van der Waals surface area contributed by atoms with Gasteiger partial charge in [0.25, 0.3) is 0 Å². The number of nitrogens with one attached hydrogen (secondary N) is 1. The monoisotopic (exact) mass is 274 g/mol. The molecule has 4 nitrogen and oxygen atoms in total. The summed E-state index contributed by atoms with van der Waals surface area (Å²) in [5.74, 6) is 0. The minimum atomic E-state index is -1.91. The lowest BCUT2D eigenvalue weighted by molar-refractivity contribution is 0.251. The highest BCUT2D eigenvalue weighted by Crippen LogP contribution is 2.17. The molecule has 0 aliphatic heterocycles. The first-order valence-corrected chi connectivity index (χ1v) is 9.40. The summed E-state index contributed by atoms with van der Waals surface area (Å²) >= 11 is 0. The molecule has 0 heterocycles. The molecule has 5 heteroatoms. The summed E-state index contributed by atoms with van der Waals surface area (Å²) in [6.45, 7) is 20.3. The maximum atomic E-state index is 3.74. The molecule has 0 saturated heterocycles. The van der Waals surface area contributed by atoms with Crippen molar-refractivity contribution < 1.29 is 0 Å². The first kappa shape index (κ1) is 18.1. The summed E-state index contributed by atoms with van der Waals surface area (Å²) in [5, 5.41) is 0. The normalized spacial score (nSPS) is 13.0. The van der Waals surface area contributed by atoms with Gasteiger partial charge in [-0.1, -0.05) is 41.5 Å². The summed E-state index contributed by atoms with van der Waals surface area (Å²) in [6.07, 6.45) is 0. The van der Waals surface area contributed by atoms with Crippen molar-refractivity contribution in [2.75, 3.05) is 46.3 Å². The fourth-order valence-electron chi connectivity index (χ4n) is 3.07. The van der Waals surface area contributed by atoms with E-state index in [4.69, 9.17) is 0 Å². The quantitative estimate of drug-likeness (QED) is 0.612. The molecule has 0 aromatic rings. The summed E-state index contributed by atoms with van der Waals surface area (Å²) in [5.41, 5.74) is 0. The van der Waals surface area contributed by atoms with Crippen LogP contribution in [0.4, 0.5) is 0 Å². The van der Waals surface area contributed by atoms with E-state index in [0.717, 1.165) is 39.3 Å². The van der Waals surface area contributed by atoms with E-state index in [1.807, 2.05) is 0 Å². The van der Waals surface area contributed by atoms with Crippen LogP contribution >= 0.6 is 0 Å². The predicted octanol–water partition coefficient (Wildman–Crippen LogP) is 1.67. The minimum Gasteiger partial charge on any atom is -0.303 e. The molecule has 0 atom stereocenters. The van der Waals surface area contributed by atoms with Crippen LogP contribution in [0.5, 0.6) is 0 Å². The maximum absolute atomic E-state index is 3.74. The van der Waals surface area contributed by atoms with Crippen LogP contribution < -0.4 is 4.98 Å². The Hall–Kier alpha value is 0.0569. The third kappa shape index (κ3) is 3.33. The molecule has 0 rings (SSSR count). The first-order chi connectivity index (χ1) is 8.62. The molecule has 110 valence electrons. The van der Waals surface area contributed by atoms with Gasteiger partial charge in [-0.05, 0) is 46.3 Å². The molecule has 0 aliphatic carbocycles. The summed E-state index contributed by atoms with van der Waals surface area (Å²) < 4.78 is 7.94. The van der Waals surface area contributed by atoms with Gasteiger partial charge in [0.1, 0.15) is 0 Å². The highest BCUT2D eigenvalue weighted by molar-refractivity contribution is 6.69. The molecule has 0 aromatic heterocycles. The maximum Gasteiger partial charge on any atom is 0.373 e. The van der Waals surface area contributed by atoms with Crippen LogP contribution in [0, 0.1) is 0 Å². The fourth-order valence-corrected chi connectivity index (χ4v) is 7.86. The van der Waals surface area contributed by atoms with E-state index >= 15 is 0 Å². The Balaban J connectivity index is 5.55. The van der Waals surface area contributed by atoms with E-state index in [1.165, 1.54) is 0 Å². The highest BCUT2D eigenvalue weighted by Gasteiger charge is 2.48. The molecular formula is C13H34N4Si. The fraction of sp³-hybridized carbons (Fsp3) is 1.00. The van der Waals surface area contributed by atoms with Gasteiger partial charge in [-0.25, -0.2) is 0 Å². The van der Waals surface area contributed by atoms with Crippen molar-refractivity contribution in [1.29, 1.82) is 0 Å². The van der Waals surface area contributed by atoms with Gasteiger partial charge in [0, 0.05) is 0 Å². The van der Waals surface area contributed by atoms with E-state index < -0.39 is 8.72 Å². The number of rotatable bonds is 10. The SMILES string of the molecule is CCN(CC)[Si](NC)(N(CC)CC)N(CC)CC. The van der Waals surface area contributed by atoms with Crippen LogP contribution in [0.15, 0.2) is 0 Å². The Bertz CT molecular complexity index is 170. The molecule has 0 saturated carbocycles. The number of hydrogen-bond donors (Lipinski definition) is 1. The predicted molar refractivity (Wildman–Crippen MR) is 83.6 cm³/mol. The molecular weight excluding hydrogens is 240 g/mol. The van der Waals surface area contributed by atoms with Gasteiger partial charge in [-0.3, -0.25) is 13.7 Å². The van der Waals surface area contributed by atoms with Gasteiger partial charge in [0.2, 0.25) is 0 Å². The third-order valence-electron chi connectivity index (χ3n) is 3.95. The van der Waals surface area contributed by atoms with Crippen LogP contribution in [0.1, 0.15) is 41.5 Å². The molecule has 0 unspecified atom stereocenters. The summed E-state index contributed by atoms with van der Waals surface area (Å²) in [7, 11) is 0.232. The van der Waals surface area contributed by atoms with E-state index in [-0.39, 0.29) is 0 Å². The third-order valence-corrected chi connectivity index (χ3v) is 9.16. The second-order valence-electron chi connectivity index (χ2n) is 4.40. The molecule has 18 heavy (non-hydrogen) atoms. The Morgan fingerprint density at radius 2 is 0.833 bits per heavy atom. The van der Waals surface area contributed by atoms with Gasteiger partial charge in [0.05, 0.1) is 0 Å². The number of hydrogen-bond acceptors (Lipinski definition) is 4. The highest BCUT2D eigenvalue weighted by atomic mass is 28.4. The second-order valence-corrected chi connectivity index (χ2v) is 8.07. The largest absolute Gasteiger partial charge is 0.373 e. The van der Waals surface area contributed by atoms with Crippen molar-refractivity contribution in [2.45, 2.75) is 41.5 Å². The van der Waals surface area contributed by atoms with Gasteiger partial charge in [-0.15, -0.1) is 0 Å². The van der Waals surface area contributed by atoms with Crippen LogP contribution in [0.2, 0.25) is 0 Å². The summed E-state index contributed by atoms with van der Waals surface area (Å²) in [4.78, 5) is 3.74. The molecule has 0 aromatic carbocycles.